The molecule has 0 saturated carbocycles. The Balaban J connectivity index is 1.99. The first-order chi connectivity index (χ1) is 10.5. The number of carbonyl (C=O) groups excluding carboxylic acids is 1. The van der Waals surface area contributed by atoms with Crippen LogP contribution >= 0.6 is 0 Å². The molecule has 0 aromatic carbocycles. The maximum absolute atomic E-state index is 12.2. The van der Waals surface area contributed by atoms with Gasteiger partial charge in [-0.15, -0.1) is 0 Å². The number of nitrogens with one attached hydrogen (secondary N) is 1. The van der Waals surface area contributed by atoms with Crippen molar-refractivity contribution in [3.8, 4) is 11.8 Å². The number of hydrogen-bond donors (Lipinski definition) is 2. The van der Waals surface area contributed by atoms with Gasteiger partial charge in [-0.3, -0.25) is 4.79 Å². The number of carbonyl (C=O) groups is 2. The van der Waals surface area contributed by atoms with Crippen molar-refractivity contribution in [3.63, 3.8) is 0 Å². The minimum Gasteiger partial charge on any atom is -0.495 e. The predicted molar refractivity (Wildman–Crippen MR) is 75.6 cm³/mol. The Morgan fingerprint density at radius 1 is 1.50 bits per heavy atom. The van der Waals surface area contributed by atoms with Crippen LogP contribution in [0.1, 0.15) is 28.9 Å². The summed E-state index contributed by atoms with van der Waals surface area (Å²) < 4.78 is 5.04. The molecule has 2 rings (SSSR count). The molecule has 1 fully saturated rings. The average Bonchev–Trinajstić information content (AvgIpc) is 2.54. The Hall–Kier alpha value is -2.82. The molecule has 0 atom stereocenters. The van der Waals surface area contributed by atoms with Crippen LogP contribution in [0, 0.1) is 11.3 Å². The third kappa shape index (κ3) is 3.44. The van der Waals surface area contributed by atoms with E-state index in [2.05, 4.69) is 10.3 Å². The van der Waals surface area contributed by atoms with Gasteiger partial charge in [0.25, 0.3) is 5.91 Å². The first kappa shape index (κ1) is 15.6. The van der Waals surface area contributed by atoms with Gasteiger partial charge >= 0.3 is 6.09 Å². The van der Waals surface area contributed by atoms with Gasteiger partial charge in [0, 0.05) is 31.4 Å². The SMILES string of the molecule is COc1cc(C(=O)NC2CCN(C(=O)O)CC2)ncc1C#N. The van der Waals surface area contributed by atoms with Gasteiger partial charge < -0.3 is 20.1 Å². The normalized spacial score (nSPS) is 15.0. The van der Waals surface area contributed by atoms with Crippen LogP contribution < -0.4 is 10.1 Å². The van der Waals surface area contributed by atoms with Gasteiger partial charge in [0.1, 0.15) is 23.1 Å². The van der Waals surface area contributed by atoms with E-state index in [1.807, 2.05) is 6.07 Å². The van der Waals surface area contributed by atoms with Crippen LogP contribution in [0.25, 0.3) is 0 Å². The zero-order chi connectivity index (χ0) is 16.1. The summed E-state index contributed by atoms with van der Waals surface area (Å²) in [4.78, 5) is 28.3. The van der Waals surface area contributed by atoms with E-state index in [0.29, 0.717) is 31.7 Å². The molecule has 1 aliphatic rings. The Morgan fingerprint density at radius 2 is 2.18 bits per heavy atom. The fourth-order valence-corrected chi connectivity index (χ4v) is 2.29. The van der Waals surface area contributed by atoms with Crippen molar-refractivity contribution in [3.05, 3.63) is 23.5 Å². The van der Waals surface area contributed by atoms with Crippen LogP contribution in [0.15, 0.2) is 12.3 Å². The highest BCUT2D eigenvalue weighted by Crippen LogP contribution is 2.18. The Kier molecular flexibility index (Phi) is 4.78. The number of carboxylic acid groups (broad SMARTS) is 1. The number of methoxy groups -OCH3 is 1. The number of ether oxygens (including phenoxy) is 1. The molecule has 0 bridgehead atoms. The van der Waals surface area contributed by atoms with Crippen molar-refractivity contribution in [1.29, 1.82) is 5.26 Å². The van der Waals surface area contributed by atoms with Crippen LogP contribution in [-0.2, 0) is 0 Å². The first-order valence-corrected chi connectivity index (χ1v) is 6.78. The highest BCUT2D eigenvalue weighted by Gasteiger charge is 2.24. The van der Waals surface area contributed by atoms with Crippen LogP contribution in [0.3, 0.4) is 0 Å². The van der Waals surface area contributed by atoms with Crippen molar-refractivity contribution >= 4 is 12.0 Å². The molecule has 0 radical (unpaired) electrons. The number of nitriles is 1. The number of amides is 2. The zero-order valence-corrected chi connectivity index (χ0v) is 12.1. The van der Waals surface area contributed by atoms with Crippen molar-refractivity contribution in [2.45, 2.75) is 18.9 Å². The van der Waals surface area contributed by atoms with E-state index in [0.717, 1.165) is 0 Å². The number of rotatable bonds is 3. The third-order valence-corrected chi connectivity index (χ3v) is 3.54. The molecule has 0 unspecified atom stereocenters. The maximum Gasteiger partial charge on any atom is 0.407 e. The molecule has 22 heavy (non-hydrogen) atoms. The Labute approximate surface area is 127 Å². The number of likely N-dealkylation sites (tertiary alicyclic amines) is 1. The molecule has 1 aromatic heterocycles. The van der Waals surface area contributed by atoms with Crippen molar-refractivity contribution in [2.24, 2.45) is 0 Å². The van der Waals surface area contributed by atoms with Gasteiger partial charge in [-0.2, -0.15) is 5.26 Å². The lowest BCUT2D eigenvalue weighted by molar-refractivity contribution is 0.0902. The minimum absolute atomic E-state index is 0.0912. The number of pyridine rings is 1. The first-order valence-electron chi connectivity index (χ1n) is 6.78. The monoisotopic (exact) mass is 304 g/mol. The summed E-state index contributed by atoms with van der Waals surface area (Å²) in [6, 6.07) is 3.25. The van der Waals surface area contributed by atoms with E-state index < -0.39 is 6.09 Å². The Morgan fingerprint density at radius 3 is 2.73 bits per heavy atom. The molecule has 2 heterocycles. The van der Waals surface area contributed by atoms with Crippen LogP contribution in [0.2, 0.25) is 0 Å². The molecule has 1 aromatic rings. The summed E-state index contributed by atoms with van der Waals surface area (Å²) in [6.07, 6.45) is 1.47. The smallest absolute Gasteiger partial charge is 0.407 e. The topological polar surface area (TPSA) is 116 Å². The standard InChI is InChI=1S/C14H16N4O4/c1-22-12-6-11(16-8-9(12)7-15)13(19)17-10-2-4-18(5-3-10)14(20)21/h6,8,10H,2-5H2,1H3,(H,17,19)(H,20,21). The minimum atomic E-state index is -0.941. The van der Waals surface area contributed by atoms with Gasteiger partial charge in [-0.05, 0) is 12.8 Å². The van der Waals surface area contributed by atoms with Crippen LogP contribution in [0.4, 0.5) is 4.79 Å². The zero-order valence-electron chi connectivity index (χ0n) is 12.1. The molecule has 8 heteroatoms. The van der Waals surface area contributed by atoms with E-state index in [1.165, 1.54) is 24.3 Å². The van der Waals surface area contributed by atoms with Gasteiger partial charge in [0.2, 0.25) is 0 Å². The fourth-order valence-electron chi connectivity index (χ4n) is 2.29. The molecule has 1 aliphatic heterocycles. The molecule has 2 N–H and O–H groups in total. The fraction of sp³-hybridized carbons (Fsp3) is 0.429. The summed E-state index contributed by atoms with van der Waals surface area (Å²) in [5, 5.41) is 20.6. The van der Waals surface area contributed by atoms with Crippen molar-refractivity contribution in [2.75, 3.05) is 20.2 Å². The van der Waals surface area contributed by atoms with Crippen molar-refractivity contribution in [1.82, 2.24) is 15.2 Å². The second-order valence-electron chi connectivity index (χ2n) is 4.90. The lowest BCUT2D eigenvalue weighted by atomic mass is 10.1. The number of hydrogen-bond acceptors (Lipinski definition) is 5. The van der Waals surface area contributed by atoms with Gasteiger partial charge in [0.05, 0.1) is 7.11 Å². The number of aromatic nitrogens is 1. The molecule has 0 spiro atoms. The highest BCUT2D eigenvalue weighted by atomic mass is 16.5. The number of nitrogens with zero attached hydrogens (tertiary/aromatic N) is 3. The summed E-state index contributed by atoms with van der Waals surface area (Å²) in [6.45, 7) is 0.787. The number of piperidine rings is 1. The third-order valence-electron chi connectivity index (χ3n) is 3.54. The van der Waals surface area contributed by atoms with Crippen molar-refractivity contribution < 1.29 is 19.4 Å². The molecule has 8 nitrogen and oxygen atoms in total. The van der Waals surface area contributed by atoms with Crippen LogP contribution in [-0.4, -0.2) is 53.2 Å². The second-order valence-corrected chi connectivity index (χ2v) is 4.90. The van der Waals surface area contributed by atoms with E-state index >= 15 is 0 Å². The summed E-state index contributed by atoms with van der Waals surface area (Å²) in [7, 11) is 1.42. The van der Waals surface area contributed by atoms with Gasteiger partial charge in [0.15, 0.2) is 0 Å². The van der Waals surface area contributed by atoms with E-state index in [-0.39, 0.29) is 23.2 Å². The van der Waals surface area contributed by atoms with E-state index in [4.69, 9.17) is 15.1 Å². The van der Waals surface area contributed by atoms with Gasteiger partial charge in [-0.25, -0.2) is 9.78 Å². The molecular formula is C14H16N4O4. The molecule has 2 amide bonds. The molecule has 0 aliphatic carbocycles. The lowest BCUT2D eigenvalue weighted by Crippen LogP contribution is -2.46. The largest absolute Gasteiger partial charge is 0.495 e. The Bertz CT molecular complexity index is 618. The van der Waals surface area contributed by atoms with E-state index in [9.17, 15) is 9.59 Å². The quantitative estimate of drug-likeness (QED) is 0.854. The van der Waals surface area contributed by atoms with E-state index in [1.54, 1.807) is 0 Å². The highest BCUT2D eigenvalue weighted by molar-refractivity contribution is 5.93. The summed E-state index contributed by atoms with van der Waals surface area (Å²) >= 11 is 0. The summed E-state index contributed by atoms with van der Waals surface area (Å²) in [5.41, 5.74) is 0.422. The molecular weight excluding hydrogens is 288 g/mol. The maximum atomic E-state index is 12.2. The lowest BCUT2D eigenvalue weighted by Gasteiger charge is -2.30. The predicted octanol–water partition coefficient (Wildman–Crippen LogP) is 0.834. The summed E-state index contributed by atoms with van der Waals surface area (Å²) in [5.74, 6) is -0.0695. The van der Waals surface area contributed by atoms with Crippen LogP contribution in [0.5, 0.6) is 5.75 Å². The molecule has 1 saturated heterocycles. The second kappa shape index (κ2) is 6.76. The molecule has 116 valence electrons. The average molecular weight is 304 g/mol. The van der Waals surface area contributed by atoms with Gasteiger partial charge in [-0.1, -0.05) is 0 Å².